The van der Waals surface area contributed by atoms with Crippen molar-refractivity contribution >= 4 is 5.97 Å². The number of carboxylic acids is 1. The molecule has 5 aliphatic rings. The van der Waals surface area contributed by atoms with Crippen LogP contribution >= 0.6 is 0 Å². The Morgan fingerprint density at radius 3 is 2.26 bits per heavy atom. The molecule has 0 aliphatic heterocycles. The van der Waals surface area contributed by atoms with E-state index < -0.39 is 22.9 Å². The molecule has 34 heavy (non-hydrogen) atoms. The molecule has 0 unspecified atom stereocenters. The van der Waals surface area contributed by atoms with E-state index in [-0.39, 0.29) is 34.2 Å². The molecule has 0 aromatic heterocycles. The maximum atomic E-state index is 12.8. The Kier molecular flexibility index (Phi) is 5.36. The lowest BCUT2D eigenvalue weighted by Crippen LogP contribution is -2.65. The van der Waals surface area contributed by atoms with Crippen molar-refractivity contribution in [2.24, 2.45) is 50.2 Å². The molecule has 5 aliphatic carbocycles. The zero-order valence-electron chi connectivity index (χ0n) is 22.4. The van der Waals surface area contributed by atoms with Crippen molar-refractivity contribution < 1.29 is 20.1 Å². The first-order valence-electron chi connectivity index (χ1n) is 13.9. The monoisotopic (exact) mass is 472 g/mol. The van der Waals surface area contributed by atoms with Gasteiger partial charge in [0.15, 0.2) is 0 Å². The number of hydrogen-bond donors (Lipinski definition) is 3. The Labute approximate surface area is 206 Å². The van der Waals surface area contributed by atoms with E-state index in [1.165, 1.54) is 5.57 Å². The molecular formula is C30H48O4. The number of hydrogen-bond acceptors (Lipinski definition) is 3. The van der Waals surface area contributed by atoms with Gasteiger partial charge in [-0.1, -0.05) is 53.2 Å². The fourth-order valence-electron chi connectivity index (χ4n) is 10.7. The summed E-state index contributed by atoms with van der Waals surface area (Å²) >= 11 is 0. The third kappa shape index (κ3) is 2.88. The van der Waals surface area contributed by atoms with Gasteiger partial charge in [-0.2, -0.15) is 0 Å². The highest BCUT2D eigenvalue weighted by molar-refractivity contribution is 5.76. The number of carboxylic acid groups (broad SMARTS) is 1. The Hall–Kier alpha value is -0.870. The summed E-state index contributed by atoms with van der Waals surface area (Å²) in [6.07, 6.45) is 11.6. The van der Waals surface area contributed by atoms with Crippen molar-refractivity contribution in [1.82, 2.24) is 0 Å². The average Bonchev–Trinajstić information content (AvgIpc) is 2.76. The van der Waals surface area contributed by atoms with E-state index in [1.54, 1.807) is 0 Å². The van der Waals surface area contributed by atoms with E-state index >= 15 is 0 Å². The minimum atomic E-state index is -0.588. The van der Waals surface area contributed by atoms with E-state index in [1.807, 2.05) is 0 Å². The molecule has 0 aromatic rings. The lowest BCUT2D eigenvalue weighted by atomic mass is 9.33. The van der Waals surface area contributed by atoms with Crippen LogP contribution in [-0.4, -0.2) is 34.0 Å². The van der Waals surface area contributed by atoms with Crippen molar-refractivity contribution in [2.75, 3.05) is 6.61 Å². The maximum absolute atomic E-state index is 12.8. The molecule has 9 atom stereocenters. The van der Waals surface area contributed by atoms with Gasteiger partial charge in [0.05, 0.1) is 18.1 Å². The van der Waals surface area contributed by atoms with Gasteiger partial charge in [-0.15, -0.1) is 0 Å². The number of fused-ring (bicyclic) bond motifs is 7. The van der Waals surface area contributed by atoms with Crippen molar-refractivity contribution in [3.63, 3.8) is 0 Å². The minimum Gasteiger partial charge on any atom is -0.481 e. The zero-order valence-corrected chi connectivity index (χ0v) is 22.4. The summed E-state index contributed by atoms with van der Waals surface area (Å²) in [5.41, 5.74) is 0.858. The molecule has 4 heteroatoms. The summed E-state index contributed by atoms with van der Waals surface area (Å²) < 4.78 is 0. The largest absolute Gasteiger partial charge is 0.481 e. The maximum Gasteiger partial charge on any atom is 0.310 e. The first-order chi connectivity index (χ1) is 15.7. The second-order valence-electron chi connectivity index (χ2n) is 14.9. The lowest BCUT2D eigenvalue weighted by Gasteiger charge is -2.71. The molecule has 192 valence electrons. The smallest absolute Gasteiger partial charge is 0.310 e. The zero-order chi connectivity index (χ0) is 24.9. The number of aliphatic hydroxyl groups is 2. The van der Waals surface area contributed by atoms with Crippen molar-refractivity contribution in [2.45, 2.75) is 112 Å². The summed E-state index contributed by atoms with van der Waals surface area (Å²) in [4.78, 5) is 12.8. The Morgan fingerprint density at radius 2 is 1.62 bits per heavy atom. The average molecular weight is 473 g/mol. The van der Waals surface area contributed by atoms with Crippen LogP contribution < -0.4 is 0 Å². The van der Waals surface area contributed by atoms with E-state index in [0.717, 1.165) is 64.2 Å². The second-order valence-corrected chi connectivity index (χ2v) is 14.9. The van der Waals surface area contributed by atoms with Gasteiger partial charge in [-0.25, -0.2) is 0 Å². The summed E-state index contributed by atoms with van der Waals surface area (Å²) in [5, 5.41) is 31.8. The molecule has 0 aromatic carbocycles. The van der Waals surface area contributed by atoms with Gasteiger partial charge in [0.2, 0.25) is 0 Å². The van der Waals surface area contributed by atoms with Crippen LogP contribution in [0.25, 0.3) is 0 Å². The van der Waals surface area contributed by atoms with Crippen LogP contribution in [0.2, 0.25) is 0 Å². The van der Waals surface area contributed by atoms with Gasteiger partial charge in [0.25, 0.3) is 0 Å². The quantitative estimate of drug-likeness (QED) is 0.418. The van der Waals surface area contributed by atoms with Gasteiger partial charge in [0, 0.05) is 5.41 Å². The minimum absolute atomic E-state index is 0.0204. The molecule has 0 saturated heterocycles. The topological polar surface area (TPSA) is 77.8 Å². The summed E-state index contributed by atoms with van der Waals surface area (Å²) in [7, 11) is 0. The molecule has 5 rings (SSSR count). The van der Waals surface area contributed by atoms with Crippen LogP contribution in [0.1, 0.15) is 106 Å². The molecule has 3 N–H and O–H groups in total. The summed E-state index contributed by atoms with van der Waals surface area (Å²) in [6.45, 7) is 14.3. The fraction of sp³-hybridized carbons (Fsp3) is 0.900. The molecule has 0 radical (unpaired) electrons. The molecular weight excluding hydrogens is 424 g/mol. The van der Waals surface area contributed by atoms with Crippen LogP contribution in [0, 0.1) is 50.2 Å². The van der Waals surface area contributed by atoms with E-state index in [2.05, 4.69) is 47.6 Å². The molecule has 4 saturated carbocycles. The standard InChI is InChI=1S/C30H48O4/c1-25(2)13-15-30(24(33)34)16-14-28(5)19(20(30)17-25)7-8-22-26(3)11-10-23(32)27(4,18-31)21(26)9-12-29(22,28)6/h7,20-23,31-32H,8-18H2,1-6H3,(H,33,34)/t20-,21-,22+,23+,26-,27-,28+,29+,30-/m0/s1. The molecule has 0 heterocycles. The number of aliphatic hydroxyl groups excluding tert-OH is 2. The van der Waals surface area contributed by atoms with Crippen LogP contribution in [0.15, 0.2) is 11.6 Å². The molecule has 0 bridgehead atoms. The predicted octanol–water partition coefficient (Wildman–Crippen LogP) is 6.21. The SMILES string of the molecule is CC1(C)CC[C@]2(C(=O)O)CC[C@]3(C)C(=CC[C@@H]4[C@@]5(C)CC[C@@H](O)[C@@](C)(CO)[C@H]5CC[C@]43C)[C@@H]2C1. The Morgan fingerprint density at radius 1 is 0.941 bits per heavy atom. The Bertz CT molecular complexity index is 907. The normalized spacial score (nSPS) is 54.1. The van der Waals surface area contributed by atoms with E-state index in [0.29, 0.717) is 11.8 Å². The first kappa shape index (κ1) is 24.8. The second kappa shape index (κ2) is 7.34. The van der Waals surface area contributed by atoms with Crippen LogP contribution in [-0.2, 0) is 4.79 Å². The van der Waals surface area contributed by atoms with Gasteiger partial charge < -0.3 is 15.3 Å². The predicted molar refractivity (Wildman–Crippen MR) is 134 cm³/mol. The van der Waals surface area contributed by atoms with Gasteiger partial charge in [0.1, 0.15) is 0 Å². The van der Waals surface area contributed by atoms with Crippen molar-refractivity contribution in [3.8, 4) is 0 Å². The van der Waals surface area contributed by atoms with Gasteiger partial charge in [-0.05, 0) is 104 Å². The summed E-state index contributed by atoms with van der Waals surface area (Å²) in [6, 6.07) is 0. The number of carbonyl (C=O) groups is 1. The number of allylic oxidation sites excluding steroid dienone is 2. The molecule has 0 spiro atoms. The number of rotatable bonds is 2. The summed E-state index contributed by atoms with van der Waals surface area (Å²) in [5.74, 6) is 0.395. The van der Waals surface area contributed by atoms with Crippen molar-refractivity contribution in [3.05, 3.63) is 11.6 Å². The van der Waals surface area contributed by atoms with Gasteiger partial charge >= 0.3 is 5.97 Å². The number of aliphatic carboxylic acids is 1. The third-order valence-corrected chi connectivity index (χ3v) is 13.2. The first-order valence-corrected chi connectivity index (χ1v) is 13.9. The van der Waals surface area contributed by atoms with Crippen LogP contribution in [0.5, 0.6) is 0 Å². The molecule has 0 amide bonds. The third-order valence-electron chi connectivity index (χ3n) is 13.2. The molecule has 4 nitrogen and oxygen atoms in total. The highest BCUT2D eigenvalue weighted by atomic mass is 16.4. The lowest BCUT2D eigenvalue weighted by molar-refractivity contribution is -0.216. The van der Waals surface area contributed by atoms with Crippen LogP contribution in [0.4, 0.5) is 0 Å². The highest BCUT2D eigenvalue weighted by Gasteiger charge is 2.69. The fourth-order valence-corrected chi connectivity index (χ4v) is 10.7. The van der Waals surface area contributed by atoms with Crippen LogP contribution in [0.3, 0.4) is 0 Å². The highest BCUT2D eigenvalue weighted by Crippen LogP contribution is 2.75. The Balaban J connectivity index is 1.60. The van der Waals surface area contributed by atoms with E-state index in [9.17, 15) is 20.1 Å². The molecule has 4 fully saturated rings. The van der Waals surface area contributed by atoms with Crippen molar-refractivity contribution in [1.29, 1.82) is 0 Å². The van der Waals surface area contributed by atoms with E-state index in [4.69, 9.17) is 0 Å². The van der Waals surface area contributed by atoms with Gasteiger partial charge in [-0.3, -0.25) is 4.79 Å².